The second-order valence-corrected chi connectivity index (χ2v) is 6.39. The number of rotatable bonds is 5. The summed E-state index contributed by atoms with van der Waals surface area (Å²) in [6.45, 7) is 4.28. The number of hydrogen-bond donors (Lipinski definition) is 0. The first kappa shape index (κ1) is 16.6. The van der Waals surface area contributed by atoms with Crippen molar-refractivity contribution in [2.45, 2.75) is 19.7 Å². The molecule has 134 valence electrons. The zero-order valence-corrected chi connectivity index (χ0v) is 15.0. The number of methoxy groups -OCH3 is 1. The molecule has 0 amide bonds. The third-order valence-electron chi connectivity index (χ3n) is 4.68. The molecule has 6 heteroatoms. The maximum Gasteiger partial charge on any atom is 0.177 e. The highest BCUT2D eigenvalue weighted by Crippen LogP contribution is 2.32. The summed E-state index contributed by atoms with van der Waals surface area (Å²) >= 11 is 0. The molecule has 2 heterocycles. The molecule has 0 unspecified atom stereocenters. The molecule has 0 aliphatic carbocycles. The summed E-state index contributed by atoms with van der Waals surface area (Å²) in [5.41, 5.74) is 4.36. The van der Waals surface area contributed by atoms with Crippen molar-refractivity contribution in [3.8, 4) is 5.75 Å². The second kappa shape index (κ2) is 7.17. The van der Waals surface area contributed by atoms with E-state index in [2.05, 4.69) is 40.3 Å². The van der Waals surface area contributed by atoms with Crippen molar-refractivity contribution in [2.24, 2.45) is 0 Å². The van der Waals surface area contributed by atoms with E-state index in [1.54, 1.807) is 7.11 Å². The van der Waals surface area contributed by atoms with Gasteiger partial charge >= 0.3 is 0 Å². The summed E-state index contributed by atoms with van der Waals surface area (Å²) in [6, 6.07) is 16.3. The minimum Gasteiger partial charge on any atom is -0.497 e. The van der Waals surface area contributed by atoms with Crippen LogP contribution in [0, 0.1) is 6.92 Å². The molecule has 0 spiro atoms. The molecular formula is C20H22N4O2. The van der Waals surface area contributed by atoms with Crippen molar-refractivity contribution in [3.63, 3.8) is 0 Å². The van der Waals surface area contributed by atoms with Crippen LogP contribution in [0.3, 0.4) is 0 Å². The van der Waals surface area contributed by atoms with Crippen LogP contribution in [-0.4, -0.2) is 35.3 Å². The number of ether oxygens (including phenoxy) is 2. The van der Waals surface area contributed by atoms with Gasteiger partial charge in [-0.15, -0.1) is 5.10 Å². The molecule has 1 aromatic heterocycles. The van der Waals surface area contributed by atoms with Crippen molar-refractivity contribution in [2.75, 3.05) is 25.2 Å². The lowest BCUT2D eigenvalue weighted by Crippen LogP contribution is -2.23. The van der Waals surface area contributed by atoms with Crippen molar-refractivity contribution in [3.05, 3.63) is 71.5 Å². The fourth-order valence-corrected chi connectivity index (χ4v) is 3.23. The number of hydrogen-bond acceptors (Lipinski definition) is 5. The van der Waals surface area contributed by atoms with Crippen LogP contribution < -0.4 is 9.64 Å². The largest absolute Gasteiger partial charge is 0.497 e. The standard InChI is InChI=1S/C20H22N4O2/c1-15-6-3-4-7-16(15)13-23-14-19(21-22-23)20-24(10-11-26-20)17-8-5-9-18(12-17)25-2/h3-9,12,14,20H,10-11,13H2,1-2H3/t20-/m1/s1. The highest BCUT2D eigenvalue weighted by molar-refractivity contribution is 5.52. The van der Waals surface area contributed by atoms with Gasteiger partial charge in [0.05, 0.1) is 26.5 Å². The van der Waals surface area contributed by atoms with E-state index >= 15 is 0 Å². The molecule has 26 heavy (non-hydrogen) atoms. The Morgan fingerprint density at radius 2 is 2.08 bits per heavy atom. The Morgan fingerprint density at radius 1 is 1.19 bits per heavy atom. The molecule has 3 aromatic rings. The molecule has 0 N–H and O–H groups in total. The van der Waals surface area contributed by atoms with E-state index in [4.69, 9.17) is 9.47 Å². The van der Waals surface area contributed by atoms with E-state index in [1.807, 2.05) is 41.2 Å². The molecule has 6 nitrogen and oxygen atoms in total. The van der Waals surface area contributed by atoms with E-state index in [0.29, 0.717) is 13.2 Å². The molecule has 0 bridgehead atoms. The fourth-order valence-electron chi connectivity index (χ4n) is 3.23. The average molecular weight is 350 g/mol. The first-order chi connectivity index (χ1) is 12.7. The Labute approximate surface area is 153 Å². The lowest BCUT2D eigenvalue weighted by Gasteiger charge is -2.23. The number of nitrogens with zero attached hydrogens (tertiary/aromatic N) is 4. The highest BCUT2D eigenvalue weighted by Gasteiger charge is 2.29. The van der Waals surface area contributed by atoms with Crippen molar-refractivity contribution < 1.29 is 9.47 Å². The molecule has 2 aromatic carbocycles. The van der Waals surface area contributed by atoms with Gasteiger partial charge in [-0.1, -0.05) is 35.5 Å². The van der Waals surface area contributed by atoms with Crippen LogP contribution in [0.4, 0.5) is 5.69 Å². The molecule has 1 aliphatic heterocycles. The van der Waals surface area contributed by atoms with E-state index in [9.17, 15) is 0 Å². The molecular weight excluding hydrogens is 328 g/mol. The van der Waals surface area contributed by atoms with Crippen LogP contribution in [0.1, 0.15) is 23.0 Å². The molecule has 4 rings (SSSR count). The topological polar surface area (TPSA) is 52.4 Å². The lowest BCUT2D eigenvalue weighted by atomic mass is 10.1. The van der Waals surface area contributed by atoms with Crippen LogP contribution in [0.5, 0.6) is 5.75 Å². The van der Waals surface area contributed by atoms with Crippen LogP contribution >= 0.6 is 0 Å². The summed E-state index contributed by atoms with van der Waals surface area (Å²) in [5.74, 6) is 0.830. The van der Waals surface area contributed by atoms with E-state index in [-0.39, 0.29) is 6.23 Å². The predicted molar refractivity (Wildman–Crippen MR) is 99.3 cm³/mol. The number of aromatic nitrogens is 3. The predicted octanol–water partition coefficient (Wildman–Crippen LogP) is 3.18. The first-order valence-electron chi connectivity index (χ1n) is 8.71. The molecule has 1 aliphatic rings. The van der Waals surface area contributed by atoms with Gasteiger partial charge in [0.15, 0.2) is 6.23 Å². The Bertz CT molecular complexity index is 893. The Hall–Kier alpha value is -2.86. The summed E-state index contributed by atoms with van der Waals surface area (Å²) in [6.07, 6.45) is 1.74. The zero-order chi connectivity index (χ0) is 17.9. The van der Waals surface area contributed by atoms with Crippen molar-refractivity contribution in [1.82, 2.24) is 15.0 Å². The Balaban J connectivity index is 1.55. The van der Waals surface area contributed by atoms with Gasteiger partial charge in [0.25, 0.3) is 0 Å². The fraction of sp³-hybridized carbons (Fsp3) is 0.300. The SMILES string of the molecule is COc1cccc(N2CCO[C@@H]2c2cn(Cc3ccccc3C)nn2)c1. The maximum atomic E-state index is 5.94. The smallest absolute Gasteiger partial charge is 0.177 e. The third kappa shape index (κ3) is 3.28. The quantitative estimate of drug-likeness (QED) is 0.707. The highest BCUT2D eigenvalue weighted by atomic mass is 16.5. The second-order valence-electron chi connectivity index (χ2n) is 6.39. The van der Waals surface area contributed by atoms with Crippen LogP contribution in [-0.2, 0) is 11.3 Å². The molecule has 0 saturated carbocycles. The monoisotopic (exact) mass is 350 g/mol. The van der Waals surface area contributed by atoms with Gasteiger partial charge in [-0.2, -0.15) is 0 Å². The maximum absolute atomic E-state index is 5.94. The van der Waals surface area contributed by atoms with Gasteiger partial charge in [-0.25, -0.2) is 4.68 Å². The summed E-state index contributed by atoms with van der Waals surface area (Å²) < 4.78 is 13.1. The van der Waals surface area contributed by atoms with Crippen molar-refractivity contribution in [1.29, 1.82) is 0 Å². The summed E-state index contributed by atoms with van der Waals surface area (Å²) in [4.78, 5) is 2.19. The van der Waals surface area contributed by atoms with Crippen molar-refractivity contribution >= 4 is 5.69 Å². The van der Waals surface area contributed by atoms with Crippen LogP contribution in [0.2, 0.25) is 0 Å². The van der Waals surface area contributed by atoms with E-state index in [1.165, 1.54) is 11.1 Å². The lowest BCUT2D eigenvalue weighted by molar-refractivity contribution is 0.110. The Kier molecular flexibility index (Phi) is 4.58. The van der Waals surface area contributed by atoms with E-state index < -0.39 is 0 Å². The first-order valence-corrected chi connectivity index (χ1v) is 8.71. The third-order valence-corrected chi connectivity index (χ3v) is 4.68. The molecule has 1 saturated heterocycles. The minimum atomic E-state index is -0.229. The molecule has 0 radical (unpaired) electrons. The molecule has 1 fully saturated rings. The van der Waals surface area contributed by atoms with Gasteiger partial charge in [0.2, 0.25) is 0 Å². The van der Waals surface area contributed by atoms with Gasteiger partial charge in [-0.05, 0) is 30.2 Å². The van der Waals surface area contributed by atoms with Gasteiger partial charge in [0.1, 0.15) is 11.4 Å². The van der Waals surface area contributed by atoms with Gasteiger partial charge in [-0.3, -0.25) is 0 Å². The van der Waals surface area contributed by atoms with Gasteiger partial charge < -0.3 is 14.4 Å². The number of aryl methyl sites for hydroxylation is 1. The normalized spacial score (nSPS) is 16.8. The van der Waals surface area contributed by atoms with Crippen LogP contribution in [0.25, 0.3) is 0 Å². The Morgan fingerprint density at radius 3 is 2.92 bits per heavy atom. The van der Waals surface area contributed by atoms with Gasteiger partial charge in [0, 0.05) is 18.3 Å². The summed E-state index contributed by atoms with van der Waals surface area (Å²) in [7, 11) is 1.67. The molecule has 1 atom stereocenters. The zero-order valence-electron chi connectivity index (χ0n) is 15.0. The van der Waals surface area contributed by atoms with E-state index in [0.717, 1.165) is 23.7 Å². The summed E-state index contributed by atoms with van der Waals surface area (Å²) in [5, 5.41) is 8.65. The number of benzene rings is 2. The average Bonchev–Trinajstić information content (AvgIpc) is 3.33. The minimum absolute atomic E-state index is 0.229. The van der Waals surface area contributed by atoms with Crippen LogP contribution in [0.15, 0.2) is 54.7 Å². The number of anilines is 1.